The lowest BCUT2D eigenvalue weighted by atomic mass is 10.1. The summed E-state index contributed by atoms with van der Waals surface area (Å²) in [4.78, 5) is 16.0. The second-order valence-electron chi connectivity index (χ2n) is 4.98. The second kappa shape index (κ2) is 6.32. The third kappa shape index (κ3) is 3.44. The maximum atomic E-state index is 12.0. The maximum Gasteiger partial charge on any atom is 0.220 e. The summed E-state index contributed by atoms with van der Waals surface area (Å²) in [6, 6.07) is 3.82. The number of aryl methyl sites for hydroxylation is 2. The third-order valence-electron chi connectivity index (χ3n) is 3.47. The molecular weight excluding hydrogens is 252 g/mol. The minimum atomic E-state index is -0.00274. The molecule has 0 aromatic carbocycles. The van der Waals surface area contributed by atoms with Gasteiger partial charge in [-0.25, -0.2) is 0 Å². The van der Waals surface area contributed by atoms with Crippen LogP contribution in [0.2, 0.25) is 0 Å². The van der Waals surface area contributed by atoms with Gasteiger partial charge in [-0.3, -0.25) is 14.9 Å². The van der Waals surface area contributed by atoms with Crippen molar-refractivity contribution in [2.75, 3.05) is 0 Å². The number of aromatic amines is 1. The van der Waals surface area contributed by atoms with Gasteiger partial charge in [0.05, 0.1) is 11.7 Å². The van der Waals surface area contributed by atoms with Crippen molar-refractivity contribution in [2.45, 2.75) is 39.7 Å². The summed E-state index contributed by atoms with van der Waals surface area (Å²) >= 11 is 0. The standard InChI is InChI=1S/C15H20N4O/c1-10(13-6-8-16-9-7-13)17-15(20)5-4-14-11(2)18-19-12(14)3/h6-10H,4-5H2,1-3H3,(H,17,20)(H,18,19)/t10-/m1/s1. The Morgan fingerprint density at radius 2 is 2.05 bits per heavy atom. The number of rotatable bonds is 5. The van der Waals surface area contributed by atoms with Crippen molar-refractivity contribution in [3.05, 3.63) is 47.0 Å². The molecule has 0 fully saturated rings. The number of H-pyrrole nitrogens is 1. The third-order valence-corrected chi connectivity index (χ3v) is 3.47. The van der Waals surface area contributed by atoms with Gasteiger partial charge in [-0.1, -0.05) is 0 Å². The van der Waals surface area contributed by atoms with Gasteiger partial charge in [0.25, 0.3) is 0 Å². The molecule has 2 aromatic rings. The molecule has 2 rings (SSSR count). The van der Waals surface area contributed by atoms with E-state index in [9.17, 15) is 4.79 Å². The van der Waals surface area contributed by atoms with Crippen molar-refractivity contribution < 1.29 is 4.79 Å². The topological polar surface area (TPSA) is 70.7 Å². The lowest BCUT2D eigenvalue weighted by molar-refractivity contribution is -0.121. The highest BCUT2D eigenvalue weighted by Crippen LogP contribution is 2.13. The van der Waals surface area contributed by atoms with Gasteiger partial charge in [0, 0.05) is 24.5 Å². The summed E-state index contributed by atoms with van der Waals surface area (Å²) in [5.41, 5.74) is 4.20. The fraction of sp³-hybridized carbons (Fsp3) is 0.400. The number of carbonyl (C=O) groups excluding carboxylic acids is 1. The highest BCUT2D eigenvalue weighted by Gasteiger charge is 2.12. The first-order chi connectivity index (χ1) is 9.58. The minimum Gasteiger partial charge on any atom is -0.350 e. The molecule has 106 valence electrons. The van der Waals surface area contributed by atoms with Crippen LogP contribution in [-0.2, 0) is 11.2 Å². The number of pyridine rings is 1. The molecule has 0 bridgehead atoms. The molecule has 0 aliphatic carbocycles. The normalized spacial score (nSPS) is 12.2. The SMILES string of the molecule is Cc1n[nH]c(C)c1CCC(=O)N[C@H](C)c1ccncc1. The Balaban J connectivity index is 1.87. The smallest absolute Gasteiger partial charge is 0.220 e. The number of amides is 1. The van der Waals surface area contributed by atoms with Crippen LogP contribution in [0.3, 0.4) is 0 Å². The molecule has 1 amide bonds. The summed E-state index contributed by atoms with van der Waals surface area (Å²) in [5, 5.41) is 10.1. The Morgan fingerprint density at radius 1 is 1.35 bits per heavy atom. The van der Waals surface area contributed by atoms with Crippen LogP contribution in [0.15, 0.2) is 24.5 Å². The van der Waals surface area contributed by atoms with Gasteiger partial charge in [0.1, 0.15) is 0 Å². The molecule has 0 saturated heterocycles. The first kappa shape index (κ1) is 14.2. The zero-order valence-electron chi connectivity index (χ0n) is 12.1. The molecule has 2 aromatic heterocycles. The van der Waals surface area contributed by atoms with Crippen LogP contribution in [0, 0.1) is 13.8 Å². The average Bonchev–Trinajstić information content (AvgIpc) is 2.77. The molecule has 0 spiro atoms. The molecule has 2 N–H and O–H groups in total. The lowest BCUT2D eigenvalue weighted by Crippen LogP contribution is -2.26. The number of carbonyl (C=O) groups is 1. The van der Waals surface area contributed by atoms with Crippen LogP contribution in [0.1, 0.15) is 41.9 Å². The predicted octanol–water partition coefficient (Wildman–Crippen LogP) is 2.23. The van der Waals surface area contributed by atoms with Crippen molar-refractivity contribution in [1.29, 1.82) is 0 Å². The van der Waals surface area contributed by atoms with Crippen molar-refractivity contribution in [3.63, 3.8) is 0 Å². The van der Waals surface area contributed by atoms with Gasteiger partial charge in [-0.15, -0.1) is 0 Å². The number of aromatic nitrogens is 3. The average molecular weight is 272 g/mol. The zero-order chi connectivity index (χ0) is 14.5. The summed E-state index contributed by atoms with van der Waals surface area (Å²) in [7, 11) is 0. The highest BCUT2D eigenvalue weighted by molar-refractivity contribution is 5.76. The van der Waals surface area contributed by atoms with E-state index in [0.717, 1.165) is 22.5 Å². The van der Waals surface area contributed by atoms with E-state index in [4.69, 9.17) is 0 Å². The monoisotopic (exact) mass is 272 g/mol. The summed E-state index contributed by atoms with van der Waals surface area (Å²) in [6.07, 6.45) is 4.64. The predicted molar refractivity (Wildman–Crippen MR) is 77.2 cm³/mol. The van der Waals surface area contributed by atoms with E-state index in [0.29, 0.717) is 12.8 Å². The Bertz CT molecular complexity index is 557. The van der Waals surface area contributed by atoms with Crippen LogP contribution in [0.25, 0.3) is 0 Å². The number of hydrogen-bond donors (Lipinski definition) is 2. The maximum absolute atomic E-state index is 12.0. The molecular formula is C15H20N4O. The quantitative estimate of drug-likeness (QED) is 0.876. The first-order valence-electron chi connectivity index (χ1n) is 6.77. The first-order valence-corrected chi connectivity index (χ1v) is 6.77. The molecule has 0 radical (unpaired) electrons. The fourth-order valence-electron chi connectivity index (χ4n) is 2.23. The van der Waals surface area contributed by atoms with Crippen molar-refractivity contribution >= 4 is 5.91 Å². The Hall–Kier alpha value is -2.17. The Kier molecular flexibility index (Phi) is 4.50. The van der Waals surface area contributed by atoms with Crippen LogP contribution in [0.5, 0.6) is 0 Å². The van der Waals surface area contributed by atoms with E-state index in [-0.39, 0.29) is 11.9 Å². The largest absolute Gasteiger partial charge is 0.350 e. The highest BCUT2D eigenvalue weighted by atomic mass is 16.1. The van der Waals surface area contributed by atoms with Crippen molar-refractivity contribution in [2.24, 2.45) is 0 Å². The van der Waals surface area contributed by atoms with E-state index in [1.165, 1.54) is 0 Å². The summed E-state index contributed by atoms with van der Waals surface area (Å²) in [5.74, 6) is 0.0503. The number of nitrogens with one attached hydrogen (secondary N) is 2. The van der Waals surface area contributed by atoms with Gasteiger partial charge < -0.3 is 5.32 Å². The van der Waals surface area contributed by atoms with Crippen LogP contribution in [-0.4, -0.2) is 21.1 Å². The van der Waals surface area contributed by atoms with Crippen molar-refractivity contribution in [3.8, 4) is 0 Å². The lowest BCUT2D eigenvalue weighted by Gasteiger charge is -2.14. The molecule has 5 heteroatoms. The number of hydrogen-bond acceptors (Lipinski definition) is 3. The van der Waals surface area contributed by atoms with Crippen LogP contribution < -0.4 is 5.32 Å². The molecule has 0 unspecified atom stereocenters. The van der Waals surface area contributed by atoms with Gasteiger partial charge in [-0.2, -0.15) is 5.10 Å². The van der Waals surface area contributed by atoms with E-state index in [1.807, 2.05) is 32.9 Å². The molecule has 0 aliphatic heterocycles. The summed E-state index contributed by atoms with van der Waals surface area (Å²) < 4.78 is 0. The van der Waals surface area contributed by atoms with E-state index in [2.05, 4.69) is 20.5 Å². The van der Waals surface area contributed by atoms with Crippen LogP contribution in [0.4, 0.5) is 0 Å². The molecule has 0 aliphatic rings. The van der Waals surface area contributed by atoms with Gasteiger partial charge in [0.15, 0.2) is 0 Å². The fourth-order valence-corrected chi connectivity index (χ4v) is 2.23. The molecule has 1 atom stereocenters. The van der Waals surface area contributed by atoms with Crippen molar-refractivity contribution in [1.82, 2.24) is 20.5 Å². The zero-order valence-corrected chi connectivity index (χ0v) is 12.1. The Morgan fingerprint density at radius 3 is 2.65 bits per heavy atom. The van der Waals surface area contributed by atoms with E-state index >= 15 is 0 Å². The minimum absolute atomic E-state index is 0.00274. The van der Waals surface area contributed by atoms with Crippen LogP contribution >= 0.6 is 0 Å². The summed E-state index contributed by atoms with van der Waals surface area (Å²) in [6.45, 7) is 5.91. The molecule has 20 heavy (non-hydrogen) atoms. The second-order valence-corrected chi connectivity index (χ2v) is 4.98. The number of nitrogens with zero attached hydrogens (tertiary/aromatic N) is 2. The van der Waals surface area contributed by atoms with E-state index < -0.39 is 0 Å². The van der Waals surface area contributed by atoms with Gasteiger partial charge >= 0.3 is 0 Å². The molecule has 2 heterocycles. The van der Waals surface area contributed by atoms with Gasteiger partial charge in [0.2, 0.25) is 5.91 Å². The molecule has 5 nitrogen and oxygen atoms in total. The Labute approximate surface area is 118 Å². The van der Waals surface area contributed by atoms with E-state index in [1.54, 1.807) is 12.4 Å². The molecule has 0 saturated carbocycles. The van der Waals surface area contributed by atoms with Gasteiger partial charge in [-0.05, 0) is 50.5 Å².